The highest BCUT2D eigenvalue weighted by atomic mass is 16.5. The maximum atomic E-state index is 11.8. The molecule has 2 aromatic rings. The van der Waals surface area contributed by atoms with Crippen molar-refractivity contribution in [3.8, 4) is 17.4 Å². The van der Waals surface area contributed by atoms with Crippen LogP contribution >= 0.6 is 0 Å². The summed E-state index contributed by atoms with van der Waals surface area (Å²) in [5, 5.41) is 2.75. The summed E-state index contributed by atoms with van der Waals surface area (Å²) in [6.45, 7) is 2.60. The summed E-state index contributed by atoms with van der Waals surface area (Å²) in [5.74, 6) is 1.97. The maximum Gasteiger partial charge on any atom is 0.241 e. The minimum atomic E-state index is -0.516. The van der Waals surface area contributed by atoms with Gasteiger partial charge in [-0.25, -0.2) is 4.98 Å². The Hall–Kier alpha value is -2.60. The average Bonchev–Trinajstić information content (AvgIpc) is 3.31. The van der Waals surface area contributed by atoms with E-state index in [1.807, 2.05) is 25.1 Å². The molecule has 1 fully saturated rings. The molecule has 1 aromatic heterocycles. The number of amides is 1. The lowest BCUT2D eigenvalue weighted by atomic mass is 9.97. The van der Waals surface area contributed by atoms with E-state index in [0.717, 1.165) is 36.5 Å². The Kier molecular flexibility index (Phi) is 3.84. The zero-order chi connectivity index (χ0) is 17.4. The van der Waals surface area contributed by atoms with Crippen molar-refractivity contribution in [3.63, 3.8) is 0 Å². The summed E-state index contributed by atoms with van der Waals surface area (Å²) in [4.78, 5) is 16.1. The number of anilines is 1. The lowest BCUT2D eigenvalue weighted by Crippen LogP contribution is -2.34. The number of nitrogens with two attached hydrogens (primary N) is 1. The molecule has 0 saturated heterocycles. The fourth-order valence-corrected chi connectivity index (χ4v) is 3.12. The van der Waals surface area contributed by atoms with Gasteiger partial charge in [0, 0.05) is 17.0 Å². The van der Waals surface area contributed by atoms with Crippen molar-refractivity contribution in [3.05, 3.63) is 42.1 Å². The number of carbonyl (C=O) groups is 1. The smallest absolute Gasteiger partial charge is 0.241 e. The van der Waals surface area contributed by atoms with Crippen LogP contribution in [0.4, 0.5) is 5.69 Å². The van der Waals surface area contributed by atoms with Crippen LogP contribution in [-0.4, -0.2) is 23.5 Å². The van der Waals surface area contributed by atoms with Crippen LogP contribution < -0.4 is 20.5 Å². The Morgan fingerprint density at radius 1 is 1.40 bits per heavy atom. The van der Waals surface area contributed by atoms with E-state index < -0.39 is 6.04 Å². The topological polar surface area (TPSA) is 86.5 Å². The first-order chi connectivity index (χ1) is 12.1. The predicted molar refractivity (Wildman–Crippen MR) is 94.1 cm³/mol. The summed E-state index contributed by atoms with van der Waals surface area (Å²) >= 11 is 0. The van der Waals surface area contributed by atoms with Crippen molar-refractivity contribution >= 4 is 11.6 Å². The van der Waals surface area contributed by atoms with E-state index in [2.05, 4.69) is 10.3 Å². The third-order valence-electron chi connectivity index (χ3n) is 4.87. The average molecular weight is 339 g/mol. The SMILES string of the molecule is CCC(N)C(=O)Nc1ccc(Oc2cccc3c2C2(CC2)CO3)nc1. The van der Waals surface area contributed by atoms with Gasteiger partial charge in [0.15, 0.2) is 0 Å². The number of nitrogens with zero attached hydrogens (tertiary/aromatic N) is 1. The number of aromatic nitrogens is 1. The molecule has 0 radical (unpaired) electrons. The first-order valence-corrected chi connectivity index (χ1v) is 8.58. The van der Waals surface area contributed by atoms with Crippen molar-refractivity contribution in [2.45, 2.75) is 37.6 Å². The van der Waals surface area contributed by atoms with Crippen molar-refractivity contribution in [2.75, 3.05) is 11.9 Å². The number of pyridine rings is 1. The molecule has 1 spiro atoms. The molecule has 0 bridgehead atoms. The van der Waals surface area contributed by atoms with Crippen LogP contribution in [0.25, 0.3) is 0 Å². The summed E-state index contributed by atoms with van der Waals surface area (Å²) < 4.78 is 11.8. The third kappa shape index (κ3) is 2.93. The third-order valence-corrected chi connectivity index (χ3v) is 4.87. The van der Waals surface area contributed by atoms with Crippen molar-refractivity contribution in [2.24, 2.45) is 5.73 Å². The number of carbonyl (C=O) groups excluding carboxylic acids is 1. The van der Waals surface area contributed by atoms with Gasteiger partial charge in [0.2, 0.25) is 11.8 Å². The summed E-state index contributed by atoms with van der Waals surface area (Å²) in [6, 6.07) is 8.84. The molecule has 2 aliphatic rings. The number of hydrogen-bond donors (Lipinski definition) is 2. The van der Waals surface area contributed by atoms with E-state index in [1.54, 1.807) is 18.3 Å². The quantitative estimate of drug-likeness (QED) is 0.874. The zero-order valence-corrected chi connectivity index (χ0v) is 14.1. The number of fused-ring (bicyclic) bond motifs is 2. The van der Waals surface area contributed by atoms with Crippen LogP contribution in [-0.2, 0) is 10.2 Å². The van der Waals surface area contributed by atoms with Crippen molar-refractivity contribution in [1.29, 1.82) is 0 Å². The first kappa shape index (κ1) is 15.9. The van der Waals surface area contributed by atoms with E-state index in [9.17, 15) is 4.79 Å². The van der Waals surface area contributed by atoms with Gasteiger partial charge < -0.3 is 20.5 Å². The Labute approximate surface area is 146 Å². The molecule has 1 aliphatic carbocycles. The molecule has 1 amide bonds. The van der Waals surface area contributed by atoms with Gasteiger partial charge >= 0.3 is 0 Å². The van der Waals surface area contributed by atoms with Gasteiger partial charge in [0.1, 0.15) is 11.5 Å². The van der Waals surface area contributed by atoms with Crippen LogP contribution in [0.1, 0.15) is 31.7 Å². The Morgan fingerprint density at radius 2 is 2.24 bits per heavy atom. The van der Waals surface area contributed by atoms with Crippen LogP contribution in [0.3, 0.4) is 0 Å². The molecule has 6 heteroatoms. The summed E-state index contributed by atoms with van der Waals surface area (Å²) in [7, 11) is 0. The standard InChI is InChI=1S/C19H21N3O3/c1-2-13(20)18(23)22-12-6-7-16(21-10-12)25-15-5-3-4-14-17(15)19(8-9-19)11-24-14/h3-7,10,13H,2,8-9,11,20H2,1H3,(H,22,23). The van der Waals surface area contributed by atoms with Gasteiger partial charge in [-0.05, 0) is 37.5 Å². The minimum Gasteiger partial charge on any atom is -0.492 e. The van der Waals surface area contributed by atoms with Gasteiger partial charge in [-0.1, -0.05) is 13.0 Å². The lowest BCUT2D eigenvalue weighted by molar-refractivity contribution is -0.117. The molecule has 3 N–H and O–H groups in total. The minimum absolute atomic E-state index is 0.135. The van der Waals surface area contributed by atoms with Crippen LogP contribution in [0, 0.1) is 0 Å². The van der Waals surface area contributed by atoms with Gasteiger partial charge in [-0.3, -0.25) is 4.79 Å². The summed E-state index contributed by atoms with van der Waals surface area (Å²) in [5.41, 5.74) is 7.60. The molecule has 25 heavy (non-hydrogen) atoms. The monoisotopic (exact) mass is 339 g/mol. The van der Waals surface area contributed by atoms with Gasteiger partial charge in [0.25, 0.3) is 0 Å². The Morgan fingerprint density at radius 3 is 2.92 bits per heavy atom. The molecule has 2 heterocycles. The molecule has 1 saturated carbocycles. The number of ether oxygens (including phenoxy) is 2. The Bertz CT molecular complexity index is 800. The first-order valence-electron chi connectivity index (χ1n) is 8.58. The highest BCUT2D eigenvalue weighted by Gasteiger charge is 2.52. The number of benzene rings is 1. The molecule has 1 aliphatic heterocycles. The molecule has 6 nitrogen and oxygen atoms in total. The van der Waals surface area contributed by atoms with E-state index in [1.165, 1.54) is 0 Å². The molecule has 1 aromatic carbocycles. The highest BCUT2D eigenvalue weighted by Crippen LogP contribution is 2.58. The van der Waals surface area contributed by atoms with E-state index >= 15 is 0 Å². The fraction of sp³-hybridized carbons (Fsp3) is 0.368. The largest absolute Gasteiger partial charge is 0.492 e. The number of nitrogens with one attached hydrogen (secondary N) is 1. The van der Waals surface area contributed by atoms with E-state index in [0.29, 0.717) is 18.0 Å². The van der Waals surface area contributed by atoms with Gasteiger partial charge in [-0.15, -0.1) is 0 Å². The highest BCUT2D eigenvalue weighted by molar-refractivity contribution is 5.94. The van der Waals surface area contributed by atoms with Crippen LogP contribution in [0.15, 0.2) is 36.5 Å². The predicted octanol–water partition coefficient (Wildman–Crippen LogP) is 2.97. The molecule has 1 atom stereocenters. The maximum absolute atomic E-state index is 11.8. The molecule has 1 unspecified atom stereocenters. The van der Waals surface area contributed by atoms with Crippen LogP contribution in [0.5, 0.6) is 17.4 Å². The Balaban J connectivity index is 1.50. The second-order valence-electron chi connectivity index (χ2n) is 6.69. The summed E-state index contributed by atoms with van der Waals surface area (Å²) in [6.07, 6.45) is 4.43. The van der Waals surface area contributed by atoms with Crippen molar-refractivity contribution in [1.82, 2.24) is 4.98 Å². The van der Waals surface area contributed by atoms with Crippen molar-refractivity contribution < 1.29 is 14.3 Å². The second kappa shape index (κ2) is 6.04. The van der Waals surface area contributed by atoms with E-state index in [-0.39, 0.29) is 11.3 Å². The van der Waals surface area contributed by atoms with Gasteiger partial charge in [-0.2, -0.15) is 0 Å². The number of rotatable bonds is 5. The van der Waals surface area contributed by atoms with Gasteiger partial charge in [0.05, 0.1) is 24.5 Å². The fourth-order valence-electron chi connectivity index (χ4n) is 3.12. The zero-order valence-electron chi connectivity index (χ0n) is 14.1. The molecular formula is C19H21N3O3. The molecular weight excluding hydrogens is 318 g/mol. The molecule has 130 valence electrons. The lowest BCUT2D eigenvalue weighted by Gasteiger charge is -2.13. The van der Waals surface area contributed by atoms with Crippen LogP contribution in [0.2, 0.25) is 0 Å². The second-order valence-corrected chi connectivity index (χ2v) is 6.69. The number of hydrogen-bond acceptors (Lipinski definition) is 5. The normalized spacial score (nSPS) is 17.5. The van der Waals surface area contributed by atoms with E-state index in [4.69, 9.17) is 15.2 Å². The molecule has 4 rings (SSSR count).